The van der Waals surface area contributed by atoms with Crippen LogP contribution in [0.4, 0.5) is 4.79 Å². The summed E-state index contributed by atoms with van der Waals surface area (Å²) in [7, 11) is 0. The Balaban J connectivity index is 2.13. The average Bonchev–Trinajstić information content (AvgIpc) is 2.44. The molecule has 0 spiro atoms. The Hall–Kier alpha value is -2.37. The van der Waals surface area contributed by atoms with Crippen LogP contribution in [0.1, 0.15) is 32.9 Å². The predicted molar refractivity (Wildman–Crippen MR) is 83.1 cm³/mol. The highest BCUT2D eigenvalue weighted by Crippen LogP contribution is 2.06. The maximum atomic E-state index is 11.5. The second kappa shape index (κ2) is 8.81. The molecular weight excluding hydrogens is 284 g/mol. The number of rotatable bonds is 6. The number of esters is 1. The van der Waals surface area contributed by atoms with E-state index in [1.165, 1.54) is 6.08 Å². The molecule has 0 saturated carbocycles. The van der Waals surface area contributed by atoms with Crippen molar-refractivity contribution in [1.29, 1.82) is 0 Å². The van der Waals surface area contributed by atoms with Gasteiger partial charge in [0.25, 0.3) is 0 Å². The molecule has 22 heavy (non-hydrogen) atoms. The van der Waals surface area contributed by atoms with Crippen molar-refractivity contribution in [2.24, 2.45) is 0 Å². The summed E-state index contributed by atoms with van der Waals surface area (Å²) in [5.41, 5.74) is 0.165. The Bertz CT molecular complexity index is 507. The van der Waals surface area contributed by atoms with Crippen molar-refractivity contribution in [3.8, 4) is 0 Å². The Kier molecular flexibility index (Phi) is 7.08. The molecular formula is C16H22N2O4. The molecule has 1 rings (SSSR count). The van der Waals surface area contributed by atoms with Crippen molar-refractivity contribution in [2.75, 3.05) is 13.2 Å². The van der Waals surface area contributed by atoms with E-state index < -0.39 is 17.7 Å². The first-order valence-corrected chi connectivity index (χ1v) is 7.09. The fraction of sp³-hybridized carbons (Fsp3) is 0.438. The van der Waals surface area contributed by atoms with Gasteiger partial charge in [-0.1, -0.05) is 6.07 Å². The van der Waals surface area contributed by atoms with Gasteiger partial charge in [0.05, 0.1) is 12.3 Å². The maximum Gasteiger partial charge on any atom is 0.407 e. The molecule has 0 aliphatic carbocycles. The number of amides is 1. The number of pyridine rings is 1. The van der Waals surface area contributed by atoms with Gasteiger partial charge in [0.15, 0.2) is 0 Å². The summed E-state index contributed by atoms with van der Waals surface area (Å²) in [6.45, 7) is 5.99. The van der Waals surface area contributed by atoms with E-state index in [2.05, 4.69) is 10.3 Å². The van der Waals surface area contributed by atoms with Gasteiger partial charge in [0, 0.05) is 18.8 Å². The molecule has 1 aromatic rings. The molecule has 0 saturated heterocycles. The molecule has 1 aromatic heterocycles. The Morgan fingerprint density at radius 3 is 2.73 bits per heavy atom. The number of aromatic nitrogens is 1. The third-order valence-corrected chi connectivity index (χ3v) is 2.31. The summed E-state index contributed by atoms with van der Waals surface area (Å²) in [6, 6.07) is 5.42. The summed E-state index contributed by atoms with van der Waals surface area (Å²) >= 11 is 0. The molecule has 120 valence electrons. The van der Waals surface area contributed by atoms with Gasteiger partial charge in [-0.3, -0.25) is 4.98 Å². The van der Waals surface area contributed by atoms with E-state index in [-0.39, 0.29) is 6.61 Å². The zero-order chi connectivity index (χ0) is 16.4. The third-order valence-electron chi connectivity index (χ3n) is 2.31. The molecule has 0 fully saturated rings. The molecule has 0 atom stereocenters. The normalized spacial score (nSPS) is 11.2. The van der Waals surface area contributed by atoms with Crippen LogP contribution in [0.2, 0.25) is 0 Å². The minimum Gasteiger partial charge on any atom is -0.462 e. The van der Waals surface area contributed by atoms with Crippen molar-refractivity contribution >= 4 is 18.1 Å². The van der Waals surface area contributed by atoms with Gasteiger partial charge < -0.3 is 14.8 Å². The van der Waals surface area contributed by atoms with Gasteiger partial charge in [-0.2, -0.15) is 0 Å². The lowest BCUT2D eigenvalue weighted by Gasteiger charge is -2.19. The fourth-order valence-electron chi connectivity index (χ4n) is 1.43. The van der Waals surface area contributed by atoms with E-state index >= 15 is 0 Å². The van der Waals surface area contributed by atoms with E-state index in [4.69, 9.17) is 9.47 Å². The third kappa shape index (κ3) is 8.73. The Morgan fingerprint density at radius 1 is 1.32 bits per heavy atom. The Labute approximate surface area is 130 Å². The number of carbonyl (C=O) groups excluding carboxylic acids is 2. The minimum atomic E-state index is -0.521. The van der Waals surface area contributed by atoms with E-state index in [0.29, 0.717) is 18.7 Å². The summed E-state index contributed by atoms with van der Waals surface area (Å²) in [4.78, 5) is 26.9. The van der Waals surface area contributed by atoms with E-state index in [9.17, 15) is 9.59 Å². The van der Waals surface area contributed by atoms with Crippen LogP contribution in [0.25, 0.3) is 6.08 Å². The zero-order valence-electron chi connectivity index (χ0n) is 13.2. The van der Waals surface area contributed by atoms with E-state index in [1.807, 2.05) is 6.07 Å². The van der Waals surface area contributed by atoms with Crippen LogP contribution in [0.15, 0.2) is 30.5 Å². The van der Waals surface area contributed by atoms with Crippen LogP contribution in [0.5, 0.6) is 0 Å². The SMILES string of the molecule is CC(C)(C)OC(=O)NCCCOC(=O)/C=C/c1ccccn1. The highest BCUT2D eigenvalue weighted by molar-refractivity contribution is 5.86. The zero-order valence-corrected chi connectivity index (χ0v) is 13.2. The van der Waals surface area contributed by atoms with Crippen LogP contribution >= 0.6 is 0 Å². The molecule has 0 radical (unpaired) electrons. The lowest BCUT2D eigenvalue weighted by molar-refractivity contribution is -0.137. The highest BCUT2D eigenvalue weighted by atomic mass is 16.6. The lowest BCUT2D eigenvalue weighted by atomic mass is 10.2. The van der Waals surface area contributed by atoms with Crippen LogP contribution in [0.3, 0.4) is 0 Å². The first-order chi connectivity index (χ1) is 10.4. The molecule has 0 aliphatic rings. The van der Waals surface area contributed by atoms with Gasteiger partial charge in [0.1, 0.15) is 5.60 Å². The van der Waals surface area contributed by atoms with Crippen LogP contribution < -0.4 is 5.32 Å². The molecule has 0 bridgehead atoms. The summed E-state index contributed by atoms with van der Waals surface area (Å²) in [5.74, 6) is -0.442. The van der Waals surface area contributed by atoms with Gasteiger partial charge in [-0.15, -0.1) is 0 Å². The van der Waals surface area contributed by atoms with Gasteiger partial charge in [-0.05, 0) is 45.4 Å². The number of nitrogens with zero attached hydrogens (tertiary/aromatic N) is 1. The van der Waals surface area contributed by atoms with Crippen molar-refractivity contribution in [3.63, 3.8) is 0 Å². The number of hydrogen-bond acceptors (Lipinski definition) is 5. The molecule has 0 unspecified atom stereocenters. The van der Waals surface area contributed by atoms with Gasteiger partial charge in [0.2, 0.25) is 0 Å². The Morgan fingerprint density at radius 2 is 2.09 bits per heavy atom. The fourth-order valence-corrected chi connectivity index (χ4v) is 1.43. The topological polar surface area (TPSA) is 77.5 Å². The van der Waals surface area contributed by atoms with Gasteiger partial charge in [-0.25, -0.2) is 9.59 Å². The monoisotopic (exact) mass is 306 g/mol. The van der Waals surface area contributed by atoms with Crippen molar-refractivity contribution < 1.29 is 19.1 Å². The van der Waals surface area contributed by atoms with Crippen LogP contribution in [-0.2, 0) is 14.3 Å². The van der Waals surface area contributed by atoms with Crippen LogP contribution in [-0.4, -0.2) is 35.8 Å². The minimum absolute atomic E-state index is 0.223. The molecule has 1 amide bonds. The summed E-state index contributed by atoms with van der Waals surface area (Å²) in [5, 5.41) is 2.59. The maximum absolute atomic E-state index is 11.5. The smallest absolute Gasteiger partial charge is 0.407 e. The number of alkyl carbamates (subject to hydrolysis) is 1. The highest BCUT2D eigenvalue weighted by Gasteiger charge is 2.15. The number of nitrogens with one attached hydrogen (secondary N) is 1. The number of carbonyl (C=O) groups is 2. The van der Waals surface area contributed by atoms with E-state index in [0.717, 1.165) is 0 Å². The van der Waals surface area contributed by atoms with Crippen molar-refractivity contribution in [3.05, 3.63) is 36.2 Å². The van der Waals surface area contributed by atoms with Gasteiger partial charge >= 0.3 is 12.1 Å². The molecule has 6 nitrogen and oxygen atoms in total. The first kappa shape index (κ1) is 17.7. The van der Waals surface area contributed by atoms with Crippen molar-refractivity contribution in [2.45, 2.75) is 32.8 Å². The predicted octanol–water partition coefficient (Wildman–Crippen LogP) is 2.55. The average molecular weight is 306 g/mol. The van der Waals surface area contributed by atoms with Crippen molar-refractivity contribution in [1.82, 2.24) is 10.3 Å². The first-order valence-electron chi connectivity index (χ1n) is 7.09. The molecule has 1 N–H and O–H groups in total. The molecule has 0 aromatic carbocycles. The van der Waals surface area contributed by atoms with E-state index in [1.54, 1.807) is 45.2 Å². The largest absolute Gasteiger partial charge is 0.462 e. The van der Waals surface area contributed by atoms with Crippen LogP contribution in [0, 0.1) is 0 Å². The quantitative estimate of drug-likeness (QED) is 0.496. The summed E-state index contributed by atoms with van der Waals surface area (Å²) < 4.78 is 10.1. The summed E-state index contributed by atoms with van der Waals surface area (Å²) in [6.07, 6.45) is 4.59. The molecule has 1 heterocycles. The standard InChI is InChI=1S/C16H22N2O4/c1-16(2,3)22-15(20)18-11-6-12-21-14(19)9-8-13-7-4-5-10-17-13/h4-5,7-10H,6,11-12H2,1-3H3,(H,18,20)/b9-8+. The second-order valence-electron chi connectivity index (χ2n) is 5.54. The number of hydrogen-bond donors (Lipinski definition) is 1. The second-order valence-corrected chi connectivity index (χ2v) is 5.54. The lowest BCUT2D eigenvalue weighted by Crippen LogP contribution is -2.33. The number of ether oxygens (including phenoxy) is 2. The molecule has 6 heteroatoms. The molecule has 0 aliphatic heterocycles.